The molecule has 0 aromatic carbocycles. The van der Waals surface area contributed by atoms with Gasteiger partial charge in [-0.1, -0.05) is 53.4 Å². The normalized spacial score (nSPS) is 12.5. The van der Waals surface area contributed by atoms with Crippen molar-refractivity contribution < 1.29 is 18.1 Å². The third kappa shape index (κ3) is 21.0. The Balaban J connectivity index is 0. The Bertz CT molecular complexity index is 344. The van der Waals surface area contributed by atoms with E-state index in [1.807, 2.05) is 41.5 Å². The Morgan fingerprint density at radius 2 is 0.828 bits per heavy atom. The second kappa shape index (κ2) is 16.6. The van der Waals surface area contributed by atoms with Crippen molar-refractivity contribution in [2.24, 2.45) is 0 Å². The van der Waals surface area contributed by atoms with Gasteiger partial charge in [0.1, 0.15) is 11.2 Å². The zero-order valence-electron chi connectivity index (χ0n) is 21.6. The summed E-state index contributed by atoms with van der Waals surface area (Å²) in [4.78, 5) is 0. The fourth-order valence-electron chi connectivity index (χ4n) is 3.11. The van der Waals surface area contributed by atoms with Crippen LogP contribution in [0.4, 0.5) is 0 Å². The van der Waals surface area contributed by atoms with Crippen LogP contribution in [0.15, 0.2) is 0 Å². The first-order valence-electron chi connectivity index (χ1n) is 12.0. The fraction of sp³-hybridized carbons (Fsp3) is 1.00. The Morgan fingerprint density at radius 3 is 1.00 bits per heavy atom. The maximum atomic E-state index is 11.2. The van der Waals surface area contributed by atoms with Gasteiger partial charge >= 0.3 is 8.25 Å². The van der Waals surface area contributed by atoms with Crippen LogP contribution in [-0.4, -0.2) is 41.9 Å². The van der Waals surface area contributed by atoms with Crippen LogP contribution in [0, 0.1) is 0 Å². The fourth-order valence-corrected chi connectivity index (χ4v) is 4.04. The average Bonchev–Trinajstić information content (AvgIpc) is 2.58. The number of rotatable bonds is 14. The first kappa shape index (κ1) is 31.2. The van der Waals surface area contributed by atoms with E-state index < -0.39 is 19.5 Å². The lowest BCUT2D eigenvalue weighted by molar-refractivity contribution is -0.929. The number of unbranched alkanes of at least 4 members (excludes halogenated alkanes) is 4. The van der Waals surface area contributed by atoms with Crippen LogP contribution in [0.3, 0.4) is 0 Å². The van der Waals surface area contributed by atoms with Gasteiger partial charge < -0.3 is 4.48 Å². The molecule has 0 fully saturated rings. The van der Waals surface area contributed by atoms with Gasteiger partial charge in [0, 0.05) is 4.57 Å². The lowest BCUT2D eigenvalue weighted by atomic mass is 10.1. The van der Waals surface area contributed by atoms with Gasteiger partial charge in [-0.3, -0.25) is 0 Å². The van der Waals surface area contributed by atoms with Gasteiger partial charge in [-0.2, -0.15) is 0 Å². The zero-order chi connectivity index (χ0) is 23.0. The Labute approximate surface area is 184 Å². The summed E-state index contributed by atoms with van der Waals surface area (Å²) in [5.41, 5.74) is -0.836. The lowest BCUT2D eigenvalue weighted by Gasteiger charge is -2.39. The van der Waals surface area contributed by atoms with Crippen molar-refractivity contribution in [2.45, 2.75) is 132 Å². The van der Waals surface area contributed by atoms with E-state index in [9.17, 15) is 4.57 Å². The summed E-state index contributed by atoms with van der Waals surface area (Å²) >= 11 is 0. The van der Waals surface area contributed by atoms with Crippen LogP contribution in [-0.2, 0) is 13.6 Å². The molecule has 0 saturated heterocycles. The molecule has 0 rings (SSSR count). The second-order valence-corrected chi connectivity index (χ2v) is 11.1. The number of hydrogen-bond donors (Lipinski definition) is 0. The molecule has 0 atom stereocenters. The van der Waals surface area contributed by atoms with Crippen LogP contribution in [0.1, 0.15) is 121 Å². The van der Waals surface area contributed by atoms with E-state index in [1.54, 1.807) is 0 Å². The van der Waals surface area contributed by atoms with Crippen molar-refractivity contribution in [2.75, 3.05) is 26.2 Å². The van der Waals surface area contributed by atoms with Gasteiger partial charge in [-0.05, 0) is 67.2 Å². The van der Waals surface area contributed by atoms with E-state index >= 15 is 0 Å². The zero-order valence-corrected chi connectivity index (χ0v) is 22.5. The standard InChI is InChI=1S/C16H36N.C8H18O3P/c1-5-9-13-17(14-10-6-2,15-11-7-3)16-12-8-4;1-7(2,3)10-12(9)11-8(4,5)6/h5-16H2,1-4H3;1-6H3/q2*+1. The van der Waals surface area contributed by atoms with E-state index in [4.69, 9.17) is 9.05 Å². The van der Waals surface area contributed by atoms with Crippen LogP contribution < -0.4 is 0 Å². The summed E-state index contributed by atoms with van der Waals surface area (Å²) in [6.45, 7) is 26.1. The van der Waals surface area contributed by atoms with Gasteiger partial charge in [0.25, 0.3) is 0 Å². The van der Waals surface area contributed by atoms with E-state index in [1.165, 1.54) is 82.0 Å². The molecular formula is C24H54NO3P+2. The maximum Gasteiger partial charge on any atom is 0.698 e. The third-order valence-electron chi connectivity index (χ3n) is 4.64. The molecule has 0 aromatic heterocycles. The molecule has 0 N–H and O–H groups in total. The summed E-state index contributed by atoms with van der Waals surface area (Å²) in [5.74, 6) is 0. The monoisotopic (exact) mass is 435 g/mol. The van der Waals surface area contributed by atoms with Crippen LogP contribution in [0.5, 0.6) is 0 Å². The van der Waals surface area contributed by atoms with Crippen LogP contribution in [0.25, 0.3) is 0 Å². The lowest BCUT2D eigenvalue weighted by Crippen LogP contribution is -2.50. The first-order chi connectivity index (χ1) is 13.3. The Kier molecular flexibility index (Phi) is 17.9. The SMILES string of the molecule is CC(C)(C)O[P+](=O)OC(C)(C)C.CCCC[N+](CCCC)(CCCC)CCCC. The molecule has 0 heterocycles. The largest absolute Gasteiger partial charge is 0.698 e. The van der Waals surface area contributed by atoms with Gasteiger partial charge in [0.2, 0.25) is 0 Å². The second-order valence-electron chi connectivity index (χ2n) is 10.3. The predicted octanol–water partition coefficient (Wildman–Crippen LogP) is 8.28. The minimum absolute atomic E-state index is 0.418. The number of hydrogen-bond acceptors (Lipinski definition) is 3. The van der Waals surface area contributed by atoms with E-state index in [2.05, 4.69) is 27.7 Å². The minimum atomic E-state index is -2.01. The third-order valence-corrected chi connectivity index (χ3v) is 6.03. The van der Waals surface area contributed by atoms with Gasteiger partial charge in [0.05, 0.1) is 26.2 Å². The quantitative estimate of drug-likeness (QED) is 0.203. The Morgan fingerprint density at radius 1 is 0.586 bits per heavy atom. The van der Waals surface area contributed by atoms with Crippen molar-refractivity contribution in [3.63, 3.8) is 0 Å². The van der Waals surface area contributed by atoms with Gasteiger partial charge in [0.15, 0.2) is 0 Å². The van der Waals surface area contributed by atoms with Gasteiger partial charge in [-0.15, -0.1) is 9.05 Å². The highest BCUT2D eigenvalue weighted by molar-refractivity contribution is 7.33. The summed E-state index contributed by atoms with van der Waals surface area (Å²) in [6, 6.07) is 0. The molecule has 0 aliphatic carbocycles. The predicted molar refractivity (Wildman–Crippen MR) is 129 cm³/mol. The van der Waals surface area contributed by atoms with Crippen molar-refractivity contribution in [1.29, 1.82) is 0 Å². The highest BCUT2D eigenvalue weighted by Crippen LogP contribution is 2.35. The average molecular weight is 436 g/mol. The van der Waals surface area contributed by atoms with E-state index in [-0.39, 0.29) is 0 Å². The highest BCUT2D eigenvalue weighted by Gasteiger charge is 2.35. The molecule has 0 amide bonds. The van der Waals surface area contributed by atoms with Gasteiger partial charge in [-0.25, -0.2) is 0 Å². The minimum Gasteiger partial charge on any atom is -0.324 e. The molecular weight excluding hydrogens is 381 g/mol. The molecule has 0 aliphatic heterocycles. The molecule has 0 saturated carbocycles. The highest BCUT2D eigenvalue weighted by atomic mass is 31.1. The molecule has 0 radical (unpaired) electrons. The van der Waals surface area contributed by atoms with Crippen molar-refractivity contribution >= 4 is 8.25 Å². The smallest absolute Gasteiger partial charge is 0.324 e. The molecule has 4 nitrogen and oxygen atoms in total. The Hall–Kier alpha value is -0.0200. The summed E-state index contributed by atoms with van der Waals surface area (Å²) < 4.78 is 22.8. The topological polar surface area (TPSA) is 35.5 Å². The summed E-state index contributed by atoms with van der Waals surface area (Å²) in [5, 5.41) is 0. The molecule has 0 unspecified atom stereocenters. The van der Waals surface area contributed by atoms with Crippen molar-refractivity contribution in [3.8, 4) is 0 Å². The molecule has 0 spiro atoms. The maximum absolute atomic E-state index is 11.2. The molecule has 0 aromatic rings. The van der Waals surface area contributed by atoms with Crippen LogP contribution in [0.2, 0.25) is 0 Å². The first-order valence-corrected chi connectivity index (χ1v) is 13.1. The van der Waals surface area contributed by atoms with Crippen LogP contribution >= 0.6 is 8.25 Å². The van der Waals surface area contributed by atoms with Crippen molar-refractivity contribution in [1.82, 2.24) is 0 Å². The summed E-state index contributed by atoms with van der Waals surface area (Å²) in [7, 11) is -2.01. The van der Waals surface area contributed by atoms with E-state index in [0.717, 1.165) is 0 Å². The number of quaternary nitrogens is 1. The van der Waals surface area contributed by atoms with E-state index in [0.29, 0.717) is 0 Å². The molecule has 29 heavy (non-hydrogen) atoms. The molecule has 0 bridgehead atoms. The number of nitrogens with zero attached hydrogens (tertiary/aromatic N) is 1. The summed E-state index contributed by atoms with van der Waals surface area (Å²) in [6.07, 6.45) is 11.1. The molecule has 176 valence electrons. The molecule has 0 aliphatic rings. The molecule has 5 heteroatoms. The van der Waals surface area contributed by atoms with Crippen molar-refractivity contribution in [3.05, 3.63) is 0 Å².